The van der Waals surface area contributed by atoms with Crippen molar-refractivity contribution in [1.82, 2.24) is 9.80 Å². The number of halogens is 1. The van der Waals surface area contributed by atoms with Crippen LogP contribution in [-0.4, -0.2) is 85.9 Å². The van der Waals surface area contributed by atoms with E-state index in [2.05, 4.69) is 29.4 Å². The number of carbonyl (C=O) groups excluding carboxylic acids is 3. The number of carbonyl (C=O) groups is 3. The fourth-order valence-electron chi connectivity index (χ4n) is 5.59. The summed E-state index contributed by atoms with van der Waals surface area (Å²) in [4.78, 5) is 44.0. The third-order valence-corrected chi connectivity index (χ3v) is 10.2. The molecule has 7 nitrogen and oxygen atoms in total. The molecule has 0 aromatic heterocycles. The van der Waals surface area contributed by atoms with E-state index in [1.54, 1.807) is 41.5 Å². The summed E-state index contributed by atoms with van der Waals surface area (Å²) in [5.74, 6) is -1.91. The summed E-state index contributed by atoms with van der Waals surface area (Å²) >= 11 is 5.32. The third-order valence-electron chi connectivity index (χ3n) is 6.95. The van der Waals surface area contributed by atoms with Gasteiger partial charge in [0.15, 0.2) is 0 Å². The van der Waals surface area contributed by atoms with Gasteiger partial charge < -0.3 is 19.6 Å². The topological polar surface area (TPSA) is 87.2 Å². The number of aliphatic hydroxyl groups excluding tert-OH is 1. The average Bonchev–Trinajstić information content (AvgIpc) is 3.36. The Kier molecular flexibility index (Phi) is 8.36. The van der Waals surface area contributed by atoms with Crippen molar-refractivity contribution in [2.45, 2.75) is 73.4 Å². The van der Waals surface area contributed by atoms with E-state index in [1.165, 1.54) is 0 Å². The smallest absolute Gasteiger partial charge is 0.310 e. The molecule has 0 radical (unpaired) electrons. The number of hydrogen-bond acceptors (Lipinski definition) is 6. The number of esters is 1. The monoisotopic (exact) mass is 530 g/mol. The molecule has 3 unspecified atom stereocenters. The molecule has 2 bridgehead atoms. The Bertz CT molecular complexity index is 752. The summed E-state index contributed by atoms with van der Waals surface area (Å²) in [7, 11) is 0. The molecule has 0 saturated carbocycles. The molecule has 7 atom stereocenters. The number of hydrogen-bond donors (Lipinski definition) is 1. The normalized spacial score (nSPS) is 33.8. The van der Waals surface area contributed by atoms with E-state index in [9.17, 15) is 19.5 Å². The molecule has 180 valence electrons. The first-order valence-electron chi connectivity index (χ1n) is 11.6. The first-order valence-corrected chi connectivity index (χ1v) is 13.4. The molecule has 0 aromatic rings. The molecular weight excluding hydrogens is 496 g/mol. The van der Waals surface area contributed by atoms with Gasteiger partial charge in [-0.1, -0.05) is 41.8 Å². The van der Waals surface area contributed by atoms with Crippen molar-refractivity contribution in [3.05, 3.63) is 12.7 Å². The van der Waals surface area contributed by atoms with E-state index in [0.29, 0.717) is 19.5 Å². The van der Waals surface area contributed by atoms with Gasteiger partial charge in [-0.15, -0.1) is 18.3 Å². The van der Waals surface area contributed by atoms with Gasteiger partial charge in [-0.25, -0.2) is 0 Å². The number of fused-ring (bicyclic) bond motifs is 1. The maximum atomic E-state index is 14.0. The molecular formula is C23H35BrN2O5S. The second-order valence-electron chi connectivity index (χ2n) is 8.97. The molecule has 3 fully saturated rings. The number of amides is 2. The molecule has 9 heteroatoms. The summed E-state index contributed by atoms with van der Waals surface area (Å²) in [6.45, 7) is 10.4. The minimum Gasteiger partial charge on any atom is -0.466 e. The molecule has 1 N–H and O–H groups in total. The van der Waals surface area contributed by atoms with Crippen LogP contribution in [0.5, 0.6) is 0 Å². The zero-order valence-corrected chi connectivity index (χ0v) is 21.6. The number of thioether (sulfide) groups is 1. The van der Waals surface area contributed by atoms with Crippen molar-refractivity contribution in [1.29, 1.82) is 0 Å². The lowest BCUT2D eigenvalue weighted by Crippen LogP contribution is -2.57. The van der Waals surface area contributed by atoms with Crippen LogP contribution in [-0.2, 0) is 19.1 Å². The second kappa shape index (κ2) is 10.5. The van der Waals surface area contributed by atoms with Gasteiger partial charge in [0.1, 0.15) is 6.04 Å². The van der Waals surface area contributed by atoms with Crippen molar-refractivity contribution in [3.63, 3.8) is 0 Å². The number of ether oxygens (including phenoxy) is 1. The van der Waals surface area contributed by atoms with Crippen LogP contribution in [0.4, 0.5) is 0 Å². The predicted molar refractivity (Wildman–Crippen MR) is 129 cm³/mol. The van der Waals surface area contributed by atoms with E-state index in [-0.39, 0.29) is 41.1 Å². The van der Waals surface area contributed by atoms with Gasteiger partial charge in [0, 0.05) is 23.2 Å². The first kappa shape index (κ1) is 25.6. The highest BCUT2D eigenvalue weighted by atomic mass is 79.9. The molecule has 3 saturated heterocycles. The summed E-state index contributed by atoms with van der Waals surface area (Å²) in [5.41, 5.74) is 0. The third kappa shape index (κ3) is 4.13. The number of unbranched alkanes of at least 4 members (excludes halogenated alkanes) is 2. The van der Waals surface area contributed by atoms with E-state index < -0.39 is 28.7 Å². The fourth-order valence-corrected chi connectivity index (χ4v) is 9.17. The van der Waals surface area contributed by atoms with Crippen LogP contribution in [0.3, 0.4) is 0 Å². The van der Waals surface area contributed by atoms with Gasteiger partial charge in [-0.2, -0.15) is 0 Å². The summed E-state index contributed by atoms with van der Waals surface area (Å²) in [6.07, 6.45) is 5.27. The Morgan fingerprint density at radius 2 is 2.16 bits per heavy atom. The molecule has 3 rings (SSSR count). The van der Waals surface area contributed by atoms with Gasteiger partial charge in [-0.05, 0) is 26.7 Å². The molecule has 0 aliphatic carbocycles. The van der Waals surface area contributed by atoms with E-state index in [4.69, 9.17) is 4.74 Å². The van der Waals surface area contributed by atoms with Crippen molar-refractivity contribution in [2.24, 2.45) is 11.8 Å². The molecule has 1 spiro atoms. The van der Waals surface area contributed by atoms with E-state index >= 15 is 0 Å². The Hall–Kier alpha value is -1.06. The van der Waals surface area contributed by atoms with Crippen molar-refractivity contribution in [2.75, 3.05) is 26.3 Å². The van der Waals surface area contributed by atoms with Crippen LogP contribution in [0.1, 0.15) is 46.5 Å². The van der Waals surface area contributed by atoms with Crippen molar-refractivity contribution in [3.8, 4) is 0 Å². The van der Waals surface area contributed by atoms with Crippen LogP contribution in [0.25, 0.3) is 0 Å². The summed E-state index contributed by atoms with van der Waals surface area (Å²) in [6, 6.07) is -1.24. The predicted octanol–water partition coefficient (Wildman–Crippen LogP) is 2.60. The van der Waals surface area contributed by atoms with Gasteiger partial charge >= 0.3 is 5.97 Å². The Balaban J connectivity index is 2.03. The lowest BCUT2D eigenvalue weighted by atomic mass is 9.71. The molecule has 0 aromatic carbocycles. The summed E-state index contributed by atoms with van der Waals surface area (Å²) < 4.78 is 4.64. The van der Waals surface area contributed by atoms with Gasteiger partial charge in [0.25, 0.3) is 0 Å². The highest BCUT2D eigenvalue weighted by Crippen LogP contribution is 2.68. The minimum atomic E-state index is -0.724. The standard InChI is InChI=1S/C23H35BrN2O5S/c1-5-8-9-11-25(10-6-2)21(29)19-23-12-15(24)18(32-23)16(22(30)31-7-3)17(23)20(28)26(19)14(4)13-27/h6,14-19,27H,2,5,7-13H2,1,3-4H3/t14-,15?,16+,17+,18+,19?,23?/m1/s1. The Morgan fingerprint density at radius 3 is 2.75 bits per heavy atom. The molecule has 3 aliphatic rings. The van der Waals surface area contributed by atoms with Crippen LogP contribution in [0.2, 0.25) is 0 Å². The highest BCUT2D eigenvalue weighted by Gasteiger charge is 2.76. The van der Waals surface area contributed by atoms with Crippen LogP contribution in [0.15, 0.2) is 12.7 Å². The number of aliphatic hydroxyl groups is 1. The lowest BCUT2D eigenvalue weighted by Gasteiger charge is -2.39. The number of alkyl halides is 1. The van der Waals surface area contributed by atoms with Gasteiger partial charge in [0.2, 0.25) is 11.8 Å². The number of nitrogens with zero attached hydrogens (tertiary/aromatic N) is 2. The molecule has 32 heavy (non-hydrogen) atoms. The fraction of sp³-hybridized carbons (Fsp3) is 0.783. The van der Waals surface area contributed by atoms with Gasteiger partial charge in [-0.3, -0.25) is 14.4 Å². The van der Waals surface area contributed by atoms with Crippen LogP contribution in [0, 0.1) is 11.8 Å². The summed E-state index contributed by atoms with van der Waals surface area (Å²) in [5, 5.41) is 9.81. The Labute approximate surface area is 203 Å². The maximum absolute atomic E-state index is 14.0. The molecule has 3 heterocycles. The first-order chi connectivity index (χ1) is 15.3. The minimum absolute atomic E-state index is 0.0126. The quantitative estimate of drug-likeness (QED) is 0.191. The largest absolute Gasteiger partial charge is 0.466 e. The van der Waals surface area contributed by atoms with Crippen LogP contribution < -0.4 is 0 Å². The lowest BCUT2D eigenvalue weighted by molar-refractivity contribution is -0.154. The average molecular weight is 532 g/mol. The maximum Gasteiger partial charge on any atom is 0.310 e. The number of rotatable bonds is 11. The van der Waals surface area contributed by atoms with Crippen molar-refractivity contribution >= 4 is 45.5 Å². The van der Waals surface area contributed by atoms with Gasteiger partial charge in [0.05, 0.1) is 35.8 Å². The van der Waals surface area contributed by atoms with E-state index in [0.717, 1.165) is 19.3 Å². The molecule has 2 amide bonds. The van der Waals surface area contributed by atoms with E-state index in [1.807, 2.05) is 0 Å². The van der Waals surface area contributed by atoms with Crippen LogP contribution >= 0.6 is 27.7 Å². The zero-order valence-electron chi connectivity index (χ0n) is 19.2. The van der Waals surface area contributed by atoms with Crippen molar-refractivity contribution < 1.29 is 24.2 Å². The number of likely N-dealkylation sites (tertiary alicyclic amines) is 1. The Morgan fingerprint density at radius 1 is 1.44 bits per heavy atom. The second-order valence-corrected chi connectivity index (χ2v) is 11.7. The zero-order chi connectivity index (χ0) is 23.6. The molecule has 3 aliphatic heterocycles. The SMILES string of the molecule is C=CCN(CCCCC)C(=O)C1N([C@H](C)CO)C(=O)[C@@H]2[C@H](C(=O)OCC)[C@H]3SC12CC3Br. The highest BCUT2D eigenvalue weighted by molar-refractivity contribution is 9.09.